The lowest BCUT2D eigenvalue weighted by molar-refractivity contribution is 0.0459. The average molecular weight is 299 g/mol. The van der Waals surface area contributed by atoms with Crippen molar-refractivity contribution in [2.75, 3.05) is 33.9 Å². The Balaban J connectivity index is 2.72. The van der Waals surface area contributed by atoms with Crippen molar-refractivity contribution in [2.45, 2.75) is 71.9 Å². The molecule has 0 saturated heterocycles. The van der Waals surface area contributed by atoms with Crippen molar-refractivity contribution in [2.24, 2.45) is 11.3 Å². The second-order valence-electron chi connectivity index (χ2n) is 8.52. The Hall–Kier alpha value is -0.120. The SMILES string of the molecule is COCC(C)N(C)CC1(CNC(C)(C)C)CCCC(C)C1. The molecule has 0 radical (unpaired) electrons. The number of rotatable bonds is 7. The van der Waals surface area contributed by atoms with Gasteiger partial charge in [0.05, 0.1) is 6.61 Å². The van der Waals surface area contributed by atoms with Crippen molar-refractivity contribution in [1.82, 2.24) is 10.2 Å². The number of hydrogen-bond donors (Lipinski definition) is 1. The van der Waals surface area contributed by atoms with Gasteiger partial charge in [0.2, 0.25) is 0 Å². The number of nitrogens with zero attached hydrogens (tertiary/aromatic N) is 1. The highest BCUT2D eigenvalue weighted by Gasteiger charge is 2.37. The van der Waals surface area contributed by atoms with E-state index < -0.39 is 0 Å². The predicted molar refractivity (Wildman–Crippen MR) is 91.8 cm³/mol. The van der Waals surface area contributed by atoms with Crippen LogP contribution in [0.25, 0.3) is 0 Å². The van der Waals surface area contributed by atoms with E-state index in [0.717, 1.165) is 19.1 Å². The van der Waals surface area contributed by atoms with Crippen LogP contribution in [0.3, 0.4) is 0 Å². The van der Waals surface area contributed by atoms with E-state index in [0.29, 0.717) is 11.5 Å². The quantitative estimate of drug-likeness (QED) is 0.778. The fourth-order valence-electron chi connectivity index (χ4n) is 3.63. The van der Waals surface area contributed by atoms with Crippen LogP contribution in [0.5, 0.6) is 0 Å². The molecule has 0 aromatic rings. The number of hydrogen-bond acceptors (Lipinski definition) is 3. The van der Waals surface area contributed by atoms with E-state index in [-0.39, 0.29) is 5.54 Å². The Morgan fingerprint density at radius 3 is 2.57 bits per heavy atom. The second-order valence-corrected chi connectivity index (χ2v) is 8.52. The Kier molecular flexibility index (Phi) is 7.15. The molecule has 21 heavy (non-hydrogen) atoms. The lowest BCUT2D eigenvalue weighted by Gasteiger charge is -2.45. The summed E-state index contributed by atoms with van der Waals surface area (Å²) in [5.41, 5.74) is 0.617. The van der Waals surface area contributed by atoms with Crippen LogP contribution in [0.4, 0.5) is 0 Å². The molecule has 0 aromatic heterocycles. The van der Waals surface area contributed by atoms with Crippen LogP contribution >= 0.6 is 0 Å². The maximum absolute atomic E-state index is 5.32. The highest BCUT2D eigenvalue weighted by atomic mass is 16.5. The second kappa shape index (κ2) is 7.94. The summed E-state index contributed by atoms with van der Waals surface area (Å²) >= 11 is 0. The van der Waals surface area contributed by atoms with E-state index in [2.05, 4.69) is 51.9 Å². The van der Waals surface area contributed by atoms with Gasteiger partial charge in [0.15, 0.2) is 0 Å². The molecular weight excluding hydrogens is 260 g/mol. The lowest BCUT2D eigenvalue weighted by atomic mass is 9.69. The first-order valence-corrected chi connectivity index (χ1v) is 8.62. The van der Waals surface area contributed by atoms with Gasteiger partial charge in [-0.3, -0.25) is 0 Å². The summed E-state index contributed by atoms with van der Waals surface area (Å²) in [6, 6.07) is 0.485. The van der Waals surface area contributed by atoms with Crippen LogP contribution in [-0.4, -0.2) is 50.3 Å². The molecule has 3 nitrogen and oxygen atoms in total. The third-order valence-electron chi connectivity index (χ3n) is 4.92. The molecule has 0 amide bonds. The van der Waals surface area contributed by atoms with Crippen molar-refractivity contribution < 1.29 is 4.74 Å². The maximum Gasteiger partial charge on any atom is 0.0615 e. The standard InChI is InChI=1S/C18H38N2O/c1-15-9-8-10-18(11-15,13-19-17(3,4)5)14-20(6)16(2)12-21-7/h15-16,19H,8-14H2,1-7H3. The zero-order valence-electron chi connectivity index (χ0n) is 15.5. The monoisotopic (exact) mass is 298 g/mol. The third kappa shape index (κ3) is 6.66. The van der Waals surface area contributed by atoms with Crippen LogP contribution in [0.15, 0.2) is 0 Å². The van der Waals surface area contributed by atoms with Gasteiger partial charge in [-0.05, 0) is 58.9 Å². The molecule has 3 unspecified atom stereocenters. The van der Waals surface area contributed by atoms with Crippen LogP contribution in [0.2, 0.25) is 0 Å². The Labute approximate surface area is 132 Å². The number of nitrogens with one attached hydrogen (secondary N) is 1. The minimum atomic E-state index is 0.199. The zero-order valence-corrected chi connectivity index (χ0v) is 15.5. The highest BCUT2D eigenvalue weighted by molar-refractivity contribution is 4.92. The summed E-state index contributed by atoms with van der Waals surface area (Å²) in [4.78, 5) is 2.49. The number of likely N-dealkylation sites (N-methyl/N-ethyl adjacent to an activating group) is 1. The van der Waals surface area contributed by atoms with Crippen LogP contribution in [0.1, 0.15) is 60.3 Å². The zero-order chi connectivity index (χ0) is 16.1. The topological polar surface area (TPSA) is 24.5 Å². The molecule has 126 valence electrons. The van der Waals surface area contributed by atoms with Crippen molar-refractivity contribution in [1.29, 1.82) is 0 Å². The van der Waals surface area contributed by atoms with Crippen LogP contribution in [0, 0.1) is 11.3 Å². The molecule has 0 spiro atoms. The average Bonchev–Trinajstić information content (AvgIpc) is 2.36. The Morgan fingerprint density at radius 2 is 2.05 bits per heavy atom. The summed E-state index contributed by atoms with van der Waals surface area (Å²) < 4.78 is 5.32. The molecule has 3 heteroatoms. The largest absolute Gasteiger partial charge is 0.383 e. The van der Waals surface area contributed by atoms with Crippen LogP contribution < -0.4 is 5.32 Å². The molecule has 0 aliphatic heterocycles. The minimum absolute atomic E-state index is 0.199. The first-order chi connectivity index (χ1) is 9.67. The molecule has 1 saturated carbocycles. The van der Waals surface area contributed by atoms with Gasteiger partial charge in [-0.1, -0.05) is 19.8 Å². The first kappa shape index (κ1) is 18.9. The van der Waals surface area contributed by atoms with Crippen LogP contribution in [-0.2, 0) is 4.74 Å². The molecular formula is C18H38N2O. The van der Waals surface area contributed by atoms with Gasteiger partial charge < -0.3 is 15.0 Å². The summed E-state index contributed by atoms with van der Waals surface area (Å²) in [6.45, 7) is 14.6. The molecule has 1 fully saturated rings. The van der Waals surface area contributed by atoms with Gasteiger partial charge >= 0.3 is 0 Å². The van der Waals surface area contributed by atoms with Gasteiger partial charge in [-0.25, -0.2) is 0 Å². The van der Waals surface area contributed by atoms with E-state index in [1.165, 1.54) is 32.2 Å². The fourth-order valence-corrected chi connectivity index (χ4v) is 3.63. The molecule has 1 rings (SSSR count). The van der Waals surface area contributed by atoms with Crippen molar-refractivity contribution in [3.8, 4) is 0 Å². The van der Waals surface area contributed by atoms with Gasteiger partial charge in [0, 0.05) is 31.8 Å². The van der Waals surface area contributed by atoms with E-state index in [4.69, 9.17) is 4.74 Å². The Bertz CT molecular complexity index is 300. The molecule has 1 N–H and O–H groups in total. The van der Waals surface area contributed by atoms with E-state index in [1.54, 1.807) is 7.11 Å². The summed E-state index contributed by atoms with van der Waals surface area (Å²) in [5, 5.41) is 3.77. The lowest BCUT2D eigenvalue weighted by Crippen LogP contribution is -2.51. The molecule has 0 bridgehead atoms. The Morgan fingerprint density at radius 1 is 1.38 bits per heavy atom. The molecule has 3 atom stereocenters. The molecule has 1 aliphatic carbocycles. The predicted octanol–water partition coefficient (Wildman–Crippen LogP) is 3.54. The number of methoxy groups -OCH3 is 1. The van der Waals surface area contributed by atoms with Gasteiger partial charge in [0.1, 0.15) is 0 Å². The third-order valence-corrected chi connectivity index (χ3v) is 4.92. The summed E-state index contributed by atoms with van der Waals surface area (Å²) in [6.07, 6.45) is 5.47. The van der Waals surface area contributed by atoms with E-state index >= 15 is 0 Å². The highest BCUT2D eigenvalue weighted by Crippen LogP contribution is 2.40. The summed E-state index contributed by atoms with van der Waals surface area (Å²) in [7, 11) is 4.05. The maximum atomic E-state index is 5.32. The van der Waals surface area contributed by atoms with Crippen molar-refractivity contribution in [3.63, 3.8) is 0 Å². The summed E-state index contributed by atoms with van der Waals surface area (Å²) in [5.74, 6) is 0.853. The molecule has 1 aliphatic rings. The van der Waals surface area contributed by atoms with Crippen molar-refractivity contribution in [3.05, 3.63) is 0 Å². The molecule has 0 aromatic carbocycles. The van der Waals surface area contributed by atoms with E-state index in [9.17, 15) is 0 Å². The fraction of sp³-hybridized carbons (Fsp3) is 1.00. The number of ether oxygens (including phenoxy) is 1. The smallest absolute Gasteiger partial charge is 0.0615 e. The normalized spacial score (nSPS) is 28.9. The van der Waals surface area contributed by atoms with Crippen molar-refractivity contribution >= 4 is 0 Å². The molecule has 0 heterocycles. The van der Waals surface area contributed by atoms with E-state index in [1.807, 2.05) is 0 Å². The van der Waals surface area contributed by atoms with Gasteiger partial charge in [-0.2, -0.15) is 0 Å². The van der Waals surface area contributed by atoms with Gasteiger partial charge in [0.25, 0.3) is 0 Å². The van der Waals surface area contributed by atoms with Gasteiger partial charge in [-0.15, -0.1) is 0 Å². The minimum Gasteiger partial charge on any atom is -0.383 e. The first-order valence-electron chi connectivity index (χ1n) is 8.62.